The lowest BCUT2D eigenvalue weighted by molar-refractivity contribution is -0.130. The first-order valence-electron chi connectivity index (χ1n) is 10.8. The fourth-order valence-corrected chi connectivity index (χ4v) is 6.31. The Morgan fingerprint density at radius 3 is 2.62 bits per heavy atom. The summed E-state index contributed by atoms with van der Waals surface area (Å²) < 4.78 is 27.6. The maximum Gasteiger partial charge on any atom is 0.269 e. The summed E-state index contributed by atoms with van der Waals surface area (Å²) in [5, 5.41) is 4.11. The zero-order valence-electron chi connectivity index (χ0n) is 17.8. The molecule has 2 fully saturated rings. The second-order valence-electron chi connectivity index (χ2n) is 8.47. The van der Waals surface area contributed by atoms with Crippen LogP contribution in [0.25, 0.3) is 11.0 Å². The number of hydrogen-bond acceptors (Lipinski definition) is 6. The minimum absolute atomic E-state index is 0.0350. The van der Waals surface area contributed by atoms with E-state index in [9.17, 15) is 13.2 Å². The number of fused-ring (bicyclic) bond motifs is 3. The minimum atomic E-state index is -3.79. The van der Waals surface area contributed by atoms with E-state index in [4.69, 9.17) is 0 Å². The van der Waals surface area contributed by atoms with Gasteiger partial charge in [-0.25, -0.2) is 22.4 Å². The molecule has 0 radical (unpaired) electrons. The Labute approximate surface area is 187 Å². The van der Waals surface area contributed by atoms with Crippen molar-refractivity contribution in [1.82, 2.24) is 18.8 Å². The molecule has 2 aliphatic rings. The van der Waals surface area contributed by atoms with Crippen molar-refractivity contribution in [3.8, 4) is 0 Å². The normalized spacial score (nSPS) is 22.8. The van der Waals surface area contributed by atoms with E-state index < -0.39 is 10.0 Å². The van der Waals surface area contributed by atoms with Crippen LogP contribution in [-0.2, 0) is 14.8 Å². The van der Waals surface area contributed by atoms with Crippen LogP contribution in [0.5, 0.6) is 0 Å². The minimum Gasteiger partial charge on any atom is -0.365 e. The summed E-state index contributed by atoms with van der Waals surface area (Å²) in [6.45, 7) is 5.56. The van der Waals surface area contributed by atoms with Crippen molar-refractivity contribution in [2.24, 2.45) is 0 Å². The van der Waals surface area contributed by atoms with Gasteiger partial charge in [-0.1, -0.05) is 24.3 Å². The first kappa shape index (κ1) is 20.7. The second kappa shape index (κ2) is 7.74. The van der Waals surface area contributed by atoms with E-state index in [-0.39, 0.29) is 28.9 Å². The Bertz CT molecular complexity index is 1300. The molecule has 4 heterocycles. The van der Waals surface area contributed by atoms with Gasteiger partial charge in [-0.05, 0) is 56.9 Å². The van der Waals surface area contributed by atoms with Crippen LogP contribution in [0, 0.1) is 6.92 Å². The molecule has 2 bridgehead atoms. The molecule has 1 amide bonds. The number of nitrogens with zero attached hydrogens (tertiary/aromatic N) is 4. The van der Waals surface area contributed by atoms with Crippen molar-refractivity contribution < 1.29 is 13.2 Å². The quantitative estimate of drug-likeness (QED) is 0.599. The van der Waals surface area contributed by atoms with Crippen LogP contribution in [0.15, 0.2) is 60.4 Å². The lowest BCUT2D eigenvalue weighted by atomic mass is 9.97. The zero-order chi connectivity index (χ0) is 22.5. The summed E-state index contributed by atoms with van der Waals surface area (Å²) in [5.74, 6) is 0.543. The largest absolute Gasteiger partial charge is 0.365 e. The maximum absolute atomic E-state index is 13.2. The molecule has 5 rings (SSSR count). The summed E-state index contributed by atoms with van der Waals surface area (Å²) in [6, 6.07) is 8.84. The van der Waals surface area contributed by atoms with Crippen LogP contribution in [0.4, 0.5) is 5.82 Å². The molecule has 0 aliphatic carbocycles. The van der Waals surface area contributed by atoms with E-state index in [2.05, 4.69) is 21.9 Å². The van der Waals surface area contributed by atoms with Crippen molar-refractivity contribution >= 4 is 32.8 Å². The Kier molecular flexibility index (Phi) is 5.00. The van der Waals surface area contributed by atoms with Gasteiger partial charge in [-0.3, -0.25) is 4.79 Å². The number of hydrogen-bond donors (Lipinski definition) is 1. The highest BCUT2D eigenvalue weighted by molar-refractivity contribution is 7.90. The van der Waals surface area contributed by atoms with E-state index in [1.165, 1.54) is 22.6 Å². The number of anilines is 1. The molecule has 8 nitrogen and oxygen atoms in total. The number of aryl methyl sites for hydroxylation is 1. The maximum atomic E-state index is 13.2. The smallest absolute Gasteiger partial charge is 0.269 e. The van der Waals surface area contributed by atoms with Gasteiger partial charge in [0.2, 0.25) is 5.91 Å². The number of piperidine rings is 1. The molecule has 2 aromatic heterocycles. The molecule has 2 aliphatic heterocycles. The monoisotopic (exact) mass is 451 g/mol. The van der Waals surface area contributed by atoms with Gasteiger partial charge in [-0.15, -0.1) is 0 Å². The van der Waals surface area contributed by atoms with E-state index >= 15 is 0 Å². The molecule has 1 aromatic carbocycles. The Morgan fingerprint density at radius 1 is 1.12 bits per heavy atom. The van der Waals surface area contributed by atoms with Gasteiger partial charge in [0.1, 0.15) is 12.1 Å². The molecule has 166 valence electrons. The van der Waals surface area contributed by atoms with Crippen molar-refractivity contribution in [2.75, 3.05) is 5.32 Å². The number of carbonyl (C=O) groups excluding carboxylic acids is 1. The van der Waals surface area contributed by atoms with E-state index in [0.717, 1.165) is 31.2 Å². The molecular weight excluding hydrogens is 426 g/mol. The number of amides is 1. The van der Waals surface area contributed by atoms with Crippen LogP contribution in [0.2, 0.25) is 0 Å². The molecule has 3 aromatic rings. The highest BCUT2D eigenvalue weighted by Gasteiger charge is 2.44. The number of nitrogens with one attached hydrogen (secondary N) is 1. The van der Waals surface area contributed by atoms with E-state index in [1.807, 2.05) is 11.8 Å². The average Bonchev–Trinajstić information content (AvgIpc) is 3.37. The van der Waals surface area contributed by atoms with Crippen molar-refractivity contribution in [3.63, 3.8) is 0 Å². The van der Waals surface area contributed by atoms with Crippen molar-refractivity contribution in [3.05, 3.63) is 61.1 Å². The van der Waals surface area contributed by atoms with Crippen LogP contribution in [0.1, 0.15) is 31.2 Å². The summed E-state index contributed by atoms with van der Waals surface area (Å²) in [4.78, 5) is 23.2. The summed E-state index contributed by atoms with van der Waals surface area (Å²) in [5.41, 5.74) is 1.31. The molecule has 32 heavy (non-hydrogen) atoms. The van der Waals surface area contributed by atoms with E-state index in [1.54, 1.807) is 30.3 Å². The molecule has 0 unspecified atom stereocenters. The lowest BCUT2D eigenvalue weighted by Gasteiger charge is -2.40. The second-order valence-corrected chi connectivity index (χ2v) is 10.3. The SMILES string of the molecule is C=CC(=O)N1[C@@H]2CC[C@@H]1[C@H](Nc1ncnc3c1ccn3S(=O)(=O)c1ccc(C)cc1)CC2. The average molecular weight is 452 g/mol. The number of aromatic nitrogens is 3. The fraction of sp³-hybridized carbons (Fsp3) is 0.348. The Morgan fingerprint density at radius 2 is 1.88 bits per heavy atom. The third kappa shape index (κ3) is 3.28. The summed E-state index contributed by atoms with van der Waals surface area (Å²) >= 11 is 0. The number of carbonyl (C=O) groups is 1. The van der Waals surface area contributed by atoms with Crippen molar-refractivity contribution in [2.45, 2.75) is 55.6 Å². The van der Waals surface area contributed by atoms with Gasteiger partial charge < -0.3 is 10.2 Å². The summed E-state index contributed by atoms with van der Waals surface area (Å²) in [7, 11) is -3.79. The molecule has 0 spiro atoms. The van der Waals surface area contributed by atoms with Crippen molar-refractivity contribution in [1.29, 1.82) is 0 Å². The molecular formula is C23H25N5O3S. The third-order valence-corrected chi connectivity index (χ3v) is 8.28. The first-order chi connectivity index (χ1) is 15.4. The van der Waals surface area contributed by atoms with Crippen LogP contribution in [-0.4, -0.2) is 51.3 Å². The molecule has 1 N–H and O–H groups in total. The third-order valence-electron chi connectivity index (χ3n) is 6.60. The predicted octanol–water partition coefficient (Wildman–Crippen LogP) is 3.10. The Hall–Kier alpha value is -3.20. The fourth-order valence-electron chi connectivity index (χ4n) is 5.01. The van der Waals surface area contributed by atoms with Crippen LogP contribution >= 0.6 is 0 Å². The van der Waals surface area contributed by atoms with Gasteiger partial charge in [-0.2, -0.15) is 0 Å². The lowest BCUT2D eigenvalue weighted by Crippen LogP contribution is -2.52. The van der Waals surface area contributed by atoms with Gasteiger partial charge >= 0.3 is 0 Å². The predicted molar refractivity (Wildman–Crippen MR) is 122 cm³/mol. The topological polar surface area (TPSA) is 97.2 Å². The van der Waals surface area contributed by atoms with Crippen LogP contribution < -0.4 is 5.32 Å². The highest BCUT2D eigenvalue weighted by atomic mass is 32.2. The molecule has 2 saturated heterocycles. The number of rotatable bonds is 5. The molecule has 3 atom stereocenters. The van der Waals surface area contributed by atoms with Gasteiger partial charge in [0.15, 0.2) is 5.65 Å². The zero-order valence-corrected chi connectivity index (χ0v) is 18.6. The first-order valence-corrected chi connectivity index (χ1v) is 12.2. The van der Waals surface area contributed by atoms with E-state index in [0.29, 0.717) is 16.9 Å². The molecule has 9 heteroatoms. The van der Waals surface area contributed by atoms with Gasteiger partial charge in [0.25, 0.3) is 10.0 Å². The number of benzene rings is 1. The van der Waals surface area contributed by atoms with Gasteiger partial charge in [0, 0.05) is 18.3 Å². The molecule has 0 saturated carbocycles. The van der Waals surface area contributed by atoms with Gasteiger partial charge in [0.05, 0.1) is 16.3 Å². The highest BCUT2D eigenvalue weighted by Crippen LogP contribution is 2.38. The standard InChI is InChI=1S/C23H25N5O3S/c1-3-21(29)28-16-6-10-19(20(28)11-7-16)26-22-18-12-13-27(23(18)25-14-24-22)32(30,31)17-8-4-15(2)5-9-17/h3-5,8-9,12-14,16,19-20H,1,6-7,10-11H2,2H3,(H,24,25,26)/t16-,19+,20+/m0/s1. The Balaban J connectivity index is 1.48. The summed E-state index contributed by atoms with van der Waals surface area (Å²) in [6.07, 6.45) is 8.03. The van der Waals surface area contributed by atoms with Crippen LogP contribution in [0.3, 0.4) is 0 Å².